The molecule has 0 saturated carbocycles. The van der Waals surface area contributed by atoms with Crippen molar-refractivity contribution in [3.63, 3.8) is 0 Å². The van der Waals surface area contributed by atoms with Gasteiger partial charge in [-0.2, -0.15) is 0 Å². The number of hydrogen-bond donors (Lipinski definition) is 2. The van der Waals surface area contributed by atoms with Gasteiger partial charge >= 0.3 is 0 Å². The highest BCUT2D eigenvalue weighted by atomic mass is 16.5. The molecule has 21 heavy (non-hydrogen) atoms. The number of carbonyl (C=O) groups excluding carboxylic acids is 1. The number of nitrogens with zero attached hydrogens (tertiary/aromatic N) is 1. The van der Waals surface area contributed by atoms with Crippen molar-refractivity contribution >= 4 is 5.91 Å². The smallest absolute Gasteiger partial charge is 0.231 e. The Morgan fingerprint density at radius 1 is 1.29 bits per heavy atom. The molecular weight excluding hydrogens is 266 g/mol. The van der Waals surface area contributed by atoms with Gasteiger partial charge in [0.2, 0.25) is 5.91 Å². The van der Waals surface area contributed by atoms with Crippen molar-refractivity contribution < 1.29 is 9.53 Å². The van der Waals surface area contributed by atoms with Crippen molar-refractivity contribution in [1.82, 2.24) is 4.90 Å². The molecule has 118 valence electrons. The average molecular weight is 293 g/mol. The van der Waals surface area contributed by atoms with Crippen molar-refractivity contribution in [2.24, 2.45) is 17.4 Å². The quantitative estimate of drug-likeness (QED) is 0.638. The molecule has 0 aromatic heterocycles. The minimum absolute atomic E-state index is 0.283. The zero-order chi connectivity index (χ0) is 15.7. The van der Waals surface area contributed by atoms with E-state index in [2.05, 4.69) is 18.7 Å². The fraction of sp³-hybridized carbons (Fsp3) is 0.562. The summed E-state index contributed by atoms with van der Waals surface area (Å²) in [7, 11) is 0. The summed E-state index contributed by atoms with van der Waals surface area (Å²) in [6.45, 7) is 7.40. The van der Waals surface area contributed by atoms with Crippen LogP contribution in [0, 0.1) is 5.92 Å². The van der Waals surface area contributed by atoms with E-state index in [1.807, 2.05) is 24.3 Å². The van der Waals surface area contributed by atoms with E-state index in [0.717, 1.165) is 30.8 Å². The molecule has 1 amide bonds. The van der Waals surface area contributed by atoms with Crippen LogP contribution in [0.5, 0.6) is 5.75 Å². The zero-order valence-electron chi connectivity index (χ0n) is 13.0. The molecule has 0 bridgehead atoms. The Morgan fingerprint density at radius 2 is 1.95 bits per heavy atom. The fourth-order valence-electron chi connectivity index (χ4n) is 2.17. The maximum Gasteiger partial charge on any atom is 0.231 e. The van der Waals surface area contributed by atoms with E-state index in [1.54, 1.807) is 0 Å². The van der Waals surface area contributed by atoms with Crippen LogP contribution in [0.15, 0.2) is 24.3 Å². The van der Waals surface area contributed by atoms with Gasteiger partial charge in [0.15, 0.2) is 0 Å². The lowest BCUT2D eigenvalue weighted by molar-refractivity contribution is -0.119. The lowest BCUT2D eigenvalue weighted by Crippen LogP contribution is -2.37. The normalized spacial score (nSPS) is 11.1. The highest BCUT2D eigenvalue weighted by Gasteiger charge is 2.09. The first kappa shape index (κ1) is 17.5. The largest absolute Gasteiger partial charge is 0.494 e. The summed E-state index contributed by atoms with van der Waals surface area (Å²) in [6, 6.07) is 7.79. The molecule has 0 unspecified atom stereocenters. The van der Waals surface area contributed by atoms with Gasteiger partial charge < -0.3 is 16.2 Å². The van der Waals surface area contributed by atoms with Gasteiger partial charge in [0.25, 0.3) is 0 Å². The monoisotopic (exact) mass is 293 g/mol. The van der Waals surface area contributed by atoms with Crippen LogP contribution in [0.4, 0.5) is 0 Å². The molecular formula is C16H27N3O2. The number of rotatable bonds is 10. The summed E-state index contributed by atoms with van der Waals surface area (Å²) < 4.78 is 5.68. The van der Waals surface area contributed by atoms with Crippen LogP contribution in [-0.2, 0) is 11.3 Å². The van der Waals surface area contributed by atoms with Crippen molar-refractivity contribution in [1.29, 1.82) is 0 Å². The number of hydrogen-bond acceptors (Lipinski definition) is 4. The molecule has 5 heteroatoms. The molecule has 0 aliphatic rings. The highest BCUT2D eigenvalue weighted by Crippen LogP contribution is 2.12. The Morgan fingerprint density at radius 3 is 2.48 bits per heavy atom. The maximum atomic E-state index is 11.0. The zero-order valence-corrected chi connectivity index (χ0v) is 13.0. The van der Waals surface area contributed by atoms with Crippen molar-refractivity contribution in [2.45, 2.75) is 26.8 Å². The Kier molecular flexibility index (Phi) is 7.79. The summed E-state index contributed by atoms with van der Waals surface area (Å²) in [5.74, 6) is 1.07. The maximum absolute atomic E-state index is 11.0. The minimum atomic E-state index is -0.283. The fourth-order valence-corrected chi connectivity index (χ4v) is 2.17. The van der Waals surface area contributed by atoms with Crippen LogP contribution >= 0.6 is 0 Å². The number of benzene rings is 1. The first-order valence-corrected chi connectivity index (χ1v) is 7.43. The Bertz CT molecular complexity index is 418. The SMILES string of the molecule is CC(C)CN(CCCOc1ccc(CN)cc1)CC(N)=O. The molecule has 0 aliphatic heterocycles. The van der Waals surface area contributed by atoms with E-state index >= 15 is 0 Å². The van der Waals surface area contributed by atoms with E-state index in [1.165, 1.54) is 0 Å². The van der Waals surface area contributed by atoms with Gasteiger partial charge in [-0.25, -0.2) is 0 Å². The van der Waals surface area contributed by atoms with E-state index < -0.39 is 0 Å². The van der Waals surface area contributed by atoms with Crippen molar-refractivity contribution in [2.75, 3.05) is 26.2 Å². The molecule has 4 N–H and O–H groups in total. The third-order valence-corrected chi connectivity index (χ3v) is 3.05. The van der Waals surface area contributed by atoms with Gasteiger partial charge in [-0.05, 0) is 30.0 Å². The second-order valence-corrected chi connectivity index (χ2v) is 5.65. The van der Waals surface area contributed by atoms with Gasteiger partial charge in [-0.15, -0.1) is 0 Å². The summed E-state index contributed by atoms with van der Waals surface area (Å²) in [5.41, 5.74) is 11.9. The molecule has 0 spiro atoms. The van der Waals surface area contributed by atoms with Gasteiger partial charge in [0.1, 0.15) is 5.75 Å². The van der Waals surface area contributed by atoms with E-state index in [-0.39, 0.29) is 5.91 Å². The second kappa shape index (κ2) is 9.37. The van der Waals surface area contributed by atoms with Crippen LogP contribution in [-0.4, -0.2) is 37.0 Å². The van der Waals surface area contributed by atoms with Gasteiger partial charge in [0.05, 0.1) is 13.2 Å². The molecule has 0 fully saturated rings. The van der Waals surface area contributed by atoms with E-state index in [4.69, 9.17) is 16.2 Å². The van der Waals surface area contributed by atoms with Crippen molar-refractivity contribution in [3.8, 4) is 5.75 Å². The van der Waals surface area contributed by atoms with Gasteiger partial charge in [-0.3, -0.25) is 9.69 Å². The Labute approximate surface area is 127 Å². The predicted octanol–water partition coefficient (Wildman–Crippen LogP) is 1.36. The highest BCUT2D eigenvalue weighted by molar-refractivity contribution is 5.75. The number of ether oxygens (including phenoxy) is 1. The Hall–Kier alpha value is -1.59. The third-order valence-electron chi connectivity index (χ3n) is 3.05. The van der Waals surface area contributed by atoms with E-state index in [0.29, 0.717) is 25.6 Å². The summed E-state index contributed by atoms with van der Waals surface area (Å²) in [6.07, 6.45) is 0.860. The average Bonchev–Trinajstić information content (AvgIpc) is 2.43. The molecule has 0 aliphatic carbocycles. The van der Waals surface area contributed by atoms with Crippen molar-refractivity contribution in [3.05, 3.63) is 29.8 Å². The molecule has 0 saturated heterocycles. The minimum Gasteiger partial charge on any atom is -0.494 e. The predicted molar refractivity (Wildman–Crippen MR) is 84.9 cm³/mol. The third kappa shape index (κ3) is 7.68. The topological polar surface area (TPSA) is 81.6 Å². The second-order valence-electron chi connectivity index (χ2n) is 5.65. The molecule has 1 aromatic rings. The van der Waals surface area contributed by atoms with Crippen LogP contribution in [0.3, 0.4) is 0 Å². The number of amides is 1. The van der Waals surface area contributed by atoms with Crippen LogP contribution < -0.4 is 16.2 Å². The number of nitrogens with two attached hydrogens (primary N) is 2. The molecule has 0 radical (unpaired) electrons. The summed E-state index contributed by atoms with van der Waals surface area (Å²) in [5, 5.41) is 0. The first-order chi connectivity index (χ1) is 10.0. The molecule has 0 atom stereocenters. The van der Waals surface area contributed by atoms with Gasteiger partial charge in [-0.1, -0.05) is 26.0 Å². The lowest BCUT2D eigenvalue weighted by Gasteiger charge is -2.22. The number of carbonyl (C=O) groups is 1. The molecule has 5 nitrogen and oxygen atoms in total. The molecule has 0 heterocycles. The number of primary amides is 1. The Balaban J connectivity index is 2.30. The standard InChI is InChI=1S/C16H27N3O2/c1-13(2)11-19(12-16(18)20)8-3-9-21-15-6-4-14(10-17)5-7-15/h4-7,13H,3,8-12,17H2,1-2H3,(H2,18,20). The van der Waals surface area contributed by atoms with Crippen LogP contribution in [0.25, 0.3) is 0 Å². The summed E-state index contributed by atoms with van der Waals surface area (Å²) in [4.78, 5) is 13.1. The first-order valence-electron chi connectivity index (χ1n) is 7.43. The molecule has 1 rings (SSSR count). The lowest BCUT2D eigenvalue weighted by atomic mass is 10.2. The van der Waals surface area contributed by atoms with Crippen LogP contribution in [0.1, 0.15) is 25.8 Å². The van der Waals surface area contributed by atoms with E-state index in [9.17, 15) is 4.79 Å². The van der Waals surface area contributed by atoms with Gasteiger partial charge in [0, 0.05) is 19.6 Å². The summed E-state index contributed by atoms with van der Waals surface area (Å²) >= 11 is 0. The molecule has 1 aromatic carbocycles. The van der Waals surface area contributed by atoms with Crippen LogP contribution in [0.2, 0.25) is 0 Å².